The summed E-state index contributed by atoms with van der Waals surface area (Å²) >= 11 is 3.14. The Kier molecular flexibility index (Phi) is 3.71. The van der Waals surface area contributed by atoms with E-state index in [1.54, 1.807) is 6.92 Å². The highest BCUT2D eigenvalue weighted by Crippen LogP contribution is 2.34. The zero-order chi connectivity index (χ0) is 11.6. The third-order valence-corrected chi connectivity index (χ3v) is 2.74. The van der Waals surface area contributed by atoms with Gasteiger partial charge in [-0.25, -0.2) is 0 Å². The van der Waals surface area contributed by atoms with Crippen LogP contribution in [0.1, 0.15) is 17.3 Å². The van der Waals surface area contributed by atoms with Crippen molar-refractivity contribution >= 4 is 21.7 Å². The molecule has 0 amide bonds. The highest BCUT2D eigenvalue weighted by atomic mass is 79.9. The van der Waals surface area contributed by atoms with Crippen LogP contribution in [0.15, 0.2) is 16.6 Å². The second-order valence-electron chi connectivity index (χ2n) is 3.16. The maximum absolute atomic E-state index is 11.6. The number of nitrogens with two attached hydrogens (primary N) is 1. The Morgan fingerprint density at radius 2 is 2.20 bits per heavy atom. The van der Waals surface area contributed by atoms with Crippen LogP contribution in [0.25, 0.3) is 0 Å². The van der Waals surface area contributed by atoms with Crippen LogP contribution in [-0.2, 0) is 0 Å². The van der Waals surface area contributed by atoms with Gasteiger partial charge in [-0.2, -0.15) is 0 Å². The lowest BCUT2D eigenvalue weighted by Crippen LogP contribution is -2.26. The van der Waals surface area contributed by atoms with Gasteiger partial charge in [0.15, 0.2) is 5.78 Å². The Balaban J connectivity index is 3.22. The topological polar surface area (TPSA) is 72.5 Å². The van der Waals surface area contributed by atoms with Crippen molar-refractivity contribution in [3.05, 3.63) is 22.2 Å². The first-order chi connectivity index (χ1) is 6.97. The van der Waals surface area contributed by atoms with E-state index in [4.69, 9.17) is 10.5 Å². The summed E-state index contributed by atoms with van der Waals surface area (Å²) in [5, 5.41) is 9.52. The van der Waals surface area contributed by atoms with E-state index in [0.717, 1.165) is 0 Å². The lowest BCUT2D eigenvalue weighted by molar-refractivity contribution is 0.0967. The number of carbonyl (C=O) groups is 1. The highest BCUT2D eigenvalue weighted by Gasteiger charge is 2.15. The summed E-state index contributed by atoms with van der Waals surface area (Å²) in [4.78, 5) is 11.6. The summed E-state index contributed by atoms with van der Waals surface area (Å²) in [7, 11) is 1.46. The van der Waals surface area contributed by atoms with E-state index in [2.05, 4.69) is 15.9 Å². The molecule has 1 aromatic carbocycles. The van der Waals surface area contributed by atoms with E-state index in [-0.39, 0.29) is 11.5 Å². The smallest absolute Gasteiger partial charge is 0.179 e. The maximum atomic E-state index is 11.6. The van der Waals surface area contributed by atoms with E-state index >= 15 is 0 Å². The summed E-state index contributed by atoms with van der Waals surface area (Å²) in [6.45, 7) is 1.59. The molecular weight excluding hydrogens is 262 g/mol. The Morgan fingerprint density at radius 3 is 2.67 bits per heavy atom. The fourth-order valence-corrected chi connectivity index (χ4v) is 1.53. The van der Waals surface area contributed by atoms with Gasteiger partial charge in [0.05, 0.1) is 13.2 Å². The van der Waals surface area contributed by atoms with Gasteiger partial charge in [-0.1, -0.05) is 0 Å². The predicted octanol–water partition coefficient (Wildman–Crippen LogP) is 1.69. The van der Waals surface area contributed by atoms with Crippen molar-refractivity contribution in [2.75, 3.05) is 7.11 Å². The summed E-state index contributed by atoms with van der Waals surface area (Å²) < 4.78 is 5.42. The first-order valence-electron chi connectivity index (χ1n) is 4.33. The molecule has 0 saturated carbocycles. The molecule has 0 aliphatic carbocycles. The molecular formula is C10H12BrNO3. The Morgan fingerprint density at radius 1 is 1.60 bits per heavy atom. The van der Waals surface area contributed by atoms with Gasteiger partial charge in [-0.15, -0.1) is 0 Å². The molecule has 0 fully saturated rings. The first kappa shape index (κ1) is 12.0. The molecule has 3 N–H and O–H groups in total. The molecule has 1 unspecified atom stereocenters. The van der Waals surface area contributed by atoms with Gasteiger partial charge in [0, 0.05) is 5.56 Å². The largest absolute Gasteiger partial charge is 0.507 e. The molecule has 0 spiro atoms. The number of phenols is 1. The number of carbonyl (C=O) groups excluding carboxylic acids is 1. The second kappa shape index (κ2) is 4.63. The number of hydrogen-bond donors (Lipinski definition) is 2. The van der Waals surface area contributed by atoms with Gasteiger partial charge in [-0.3, -0.25) is 4.79 Å². The van der Waals surface area contributed by atoms with Crippen molar-refractivity contribution in [3.8, 4) is 11.5 Å². The second-order valence-corrected chi connectivity index (χ2v) is 3.96. The molecule has 1 rings (SSSR count). The average Bonchev–Trinajstić information content (AvgIpc) is 2.20. The van der Waals surface area contributed by atoms with Crippen molar-refractivity contribution in [3.63, 3.8) is 0 Å². The molecule has 4 nitrogen and oxygen atoms in total. The Bertz CT molecular complexity index is 390. The summed E-state index contributed by atoms with van der Waals surface area (Å²) in [6, 6.07) is 2.30. The van der Waals surface area contributed by atoms with Crippen molar-refractivity contribution in [2.24, 2.45) is 5.73 Å². The number of rotatable bonds is 3. The zero-order valence-electron chi connectivity index (χ0n) is 8.45. The average molecular weight is 274 g/mol. The van der Waals surface area contributed by atoms with Crippen LogP contribution >= 0.6 is 15.9 Å². The molecule has 82 valence electrons. The van der Waals surface area contributed by atoms with E-state index in [1.165, 1.54) is 19.2 Å². The standard InChI is InChI=1S/C10H12BrNO3/c1-5(12)10(14)6-3-7(13)9(11)8(4-6)15-2/h3-5,13H,12H2,1-2H3. The minimum atomic E-state index is -0.602. The van der Waals surface area contributed by atoms with E-state index in [0.29, 0.717) is 15.8 Å². The molecule has 5 heteroatoms. The molecule has 1 aromatic rings. The number of Topliss-reactive ketones (excluding diaryl/α,β-unsaturated/α-hetero) is 1. The van der Waals surface area contributed by atoms with Crippen LogP contribution in [0, 0.1) is 0 Å². The number of ether oxygens (including phenoxy) is 1. The van der Waals surface area contributed by atoms with Gasteiger partial charge in [0.2, 0.25) is 0 Å². The number of benzene rings is 1. The molecule has 15 heavy (non-hydrogen) atoms. The maximum Gasteiger partial charge on any atom is 0.179 e. The lowest BCUT2D eigenvalue weighted by atomic mass is 10.1. The van der Waals surface area contributed by atoms with Gasteiger partial charge in [-0.05, 0) is 35.0 Å². The number of phenolic OH excluding ortho intramolecular Hbond substituents is 1. The van der Waals surface area contributed by atoms with Crippen LogP contribution in [0.5, 0.6) is 11.5 Å². The molecule has 1 atom stereocenters. The minimum Gasteiger partial charge on any atom is -0.507 e. The van der Waals surface area contributed by atoms with Gasteiger partial charge >= 0.3 is 0 Å². The Labute approximate surface area is 96.2 Å². The monoisotopic (exact) mass is 273 g/mol. The van der Waals surface area contributed by atoms with Crippen molar-refractivity contribution in [1.82, 2.24) is 0 Å². The van der Waals surface area contributed by atoms with Gasteiger partial charge < -0.3 is 15.6 Å². The minimum absolute atomic E-state index is 0.0432. The number of hydrogen-bond acceptors (Lipinski definition) is 4. The summed E-state index contributed by atoms with van der Waals surface area (Å²) in [6.07, 6.45) is 0. The lowest BCUT2D eigenvalue weighted by Gasteiger charge is -2.09. The fraction of sp³-hybridized carbons (Fsp3) is 0.300. The van der Waals surface area contributed by atoms with Gasteiger partial charge in [0.1, 0.15) is 16.0 Å². The van der Waals surface area contributed by atoms with Crippen LogP contribution in [0.3, 0.4) is 0 Å². The van der Waals surface area contributed by atoms with Crippen LogP contribution in [0.2, 0.25) is 0 Å². The molecule has 0 radical (unpaired) electrons. The fourth-order valence-electron chi connectivity index (χ4n) is 1.14. The number of halogens is 1. The van der Waals surface area contributed by atoms with Crippen LogP contribution < -0.4 is 10.5 Å². The van der Waals surface area contributed by atoms with Crippen LogP contribution in [0.4, 0.5) is 0 Å². The van der Waals surface area contributed by atoms with Crippen molar-refractivity contribution < 1.29 is 14.6 Å². The van der Waals surface area contributed by atoms with Crippen LogP contribution in [-0.4, -0.2) is 24.0 Å². The summed E-state index contributed by atoms with van der Waals surface area (Å²) in [5.41, 5.74) is 5.80. The quantitative estimate of drug-likeness (QED) is 0.823. The highest BCUT2D eigenvalue weighted by molar-refractivity contribution is 9.10. The first-order valence-corrected chi connectivity index (χ1v) is 5.13. The van der Waals surface area contributed by atoms with E-state index in [9.17, 15) is 9.90 Å². The molecule has 0 saturated heterocycles. The number of aromatic hydroxyl groups is 1. The molecule has 0 bridgehead atoms. The predicted molar refractivity (Wildman–Crippen MR) is 60.3 cm³/mol. The molecule has 0 aliphatic rings. The number of methoxy groups -OCH3 is 1. The van der Waals surface area contributed by atoms with E-state index in [1.807, 2.05) is 0 Å². The number of ketones is 1. The van der Waals surface area contributed by atoms with Gasteiger partial charge in [0.25, 0.3) is 0 Å². The third kappa shape index (κ3) is 2.49. The SMILES string of the molecule is COc1cc(C(=O)C(C)N)cc(O)c1Br. The normalized spacial score (nSPS) is 12.3. The molecule has 0 aromatic heterocycles. The third-order valence-electron chi connectivity index (χ3n) is 1.94. The van der Waals surface area contributed by atoms with E-state index < -0.39 is 6.04 Å². The zero-order valence-corrected chi connectivity index (χ0v) is 10.0. The van der Waals surface area contributed by atoms with Crippen molar-refractivity contribution in [1.29, 1.82) is 0 Å². The summed E-state index contributed by atoms with van der Waals surface area (Å²) in [5.74, 6) is 0.119. The molecule has 0 aliphatic heterocycles. The Hall–Kier alpha value is -1.07. The van der Waals surface area contributed by atoms with Crippen molar-refractivity contribution in [2.45, 2.75) is 13.0 Å². The molecule has 0 heterocycles.